The van der Waals surface area contributed by atoms with Crippen molar-refractivity contribution in [1.82, 2.24) is 14.8 Å². The Morgan fingerprint density at radius 2 is 2.16 bits per heavy atom. The molecule has 5 N–H and O–H groups in total. The summed E-state index contributed by atoms with van der Waals surface area (Å²) >= 11 is 0.993. The summed E-state index contributed by atoms with van der Waals surface area (Å²) < 4.78 is 16.0. The van der Waals surface area contributed by atoms with Crippen LogP contribution in [0.25, 0.3) is 10.6 Å². The van der Waals surface area contributed by atoms with Crippen molar-refractivity contribution in [3.8, 4) is 16.6 Å². The Labute approximate surface area is 188 Å². The van der Waals surface area contributed by atoms with Crippen LogP contribution in [0.4, 0.5) is 20.9 Å². The van der Waals surface area contributed by atoms with Crippen LogP contribution in [0.15, 0.2) is 24.4 Å². The molecule has 3 aromatic rings. The third kappa shape index (κ3) is 4.15. The van der Waals surface area contributed by atoms with Gasteiger partial charge in [-0.05, 0) is 43.5 Å². The summed E-state index contributed by atoms with van der Waals surface area (Å²) in [6, 6.07) is 5.93. The van der Waals surface area contributed by atoms with Crippen molar-refractivity contribution in [1.29, 1.82) is 5.26 Å². The number of halogens is 1. The summed E-state index contributed by atoms with van der Waals surface area (Å²) in [7, 11) is 1.82. The number of thiazole rings is 1. The van der Waals surface area contributed by atoms with E-state index in [9.17, 15) is 9.18 Å². The molecule has 1 saturated heterocycles. The number of amides is 1. The van der Waals surface area contributed by atoms with E-state index in [1.165, 1.54) is 18.2 Å². The molecule has 0 aliphatic carbocycles. The third-order valence-corrected chi connectivity index (χ3v) is 6.52. The number of nitrogens with zero attached hydrogens (tertiary/aromatic N) is 5. The lowest BCUT2D eigenvalue weighted by Gasteiger charge is -2.33. The molecule has 0 saturated carbocycles. The van der Waals surface area contributed by atoms with Crippen LogP contribution in [0, 0.1) is 23.1 Å². The zero-order valence-corrected chi connectivity index (χ0v) is 18.3. The molecule has 1 fully saturated rings. The number of piperidine rings is 1. The Bertz CT molecular complexity index is 1190. The number of nitrogens with one attached hydrogen (secondary N) is 1. The van der Waals surface area contributed by atoms with Crippen LogP contribution in [0.1, 0.15) is 28.9 Å². The molecule has 9 nitrogen and oxygen atoms in total. The van der Waals surface area contributed by atoms with Gasteiger partial charge in [0.05, 0.1) is 17.8 Å². The van der Waals surface area contributed by atoms with Crippen LogP contribution in [0.3, 0.4) is 0 Å². The summed E-state index contributed by atoms with van der Waals surface area (Å²) in [5, 5.41) is 16.6. The van der Waals surface area contributed by atoms with Crippen molar-refractivity contribution in [2.45, 2.75) is 12.8 Å². The first-order valence-electron chi connectivity index (χ1n) is 10.2. The maximum Gasteiger partial charge on any atom is 0.277 e. The first-order chi connectivity index (χ1) is 15.4. The predicted octanol–water partition coefficient (Wildman–Crippen LogP) is 2.56. The number of nitrogen functional groups attached to an aromatic ring is 1. The van der Waals surface area contributed by atoms with E-state index in [1.54, 1.807) is 10.9 Å². The molecule has 0 radical (unpaired) electrons. The van der Waals surface area contributed by atoms with Crippen LogP contribution in [-0.2, 0) is 7.05 Å². The molecular formula is C21H23FN8OS. The Balaban J connectivity index is 1.57. The molecule has 11 heteroatoms. The van der Waals surface area contributed by atoms with Gasteiger partial charge in [-0.1, -0.05) is 11.3 Å². The first-order valence-corrected chi connectivity index (χ1v) is 11.0. The number of aromatic nitrogens is 3. The zero-order chi connectivity index (χ0) is 22.8. The first kappa shape index (κ1) is 21.7. The summed E-state index contributed by atoms with van der Waals surface area (Å²) in [5.41, 5.74) is 12.8. The van der Waals surface area contributed by atoms with Crippen LogP contribution >= 0.6 is 11.3 Å². The van der Waals surface area contributed by atoms with Crippen molar-refractivity contribution >= 4 is 33.8 Å². The number of nitriles is 1. The van der Waals surface area contributed by atoms with Gasteiger partial charge in [0.2, 0.25) is 0 Å². The monoisotopic (exact) mass is 454 g/mol. The highest BCUT2D eigenvalue weighted by Crippen LogP contribution is 2.34. The quantitative estimate of drug-likeness (QED) is 0.538. The molecule has 0 atom stereocenters. The molecule has 32 heavy (non-hydrogen) atoms. The van der Waals surface area contributed by atoms with Crippen molar-refractivity contribution in [2.75, 3.05) is 35.6 Å². The lowest BCUT2D eigenvalue weighted by molar-refractivity contribution is 0.102. The maximum atomic E-state index is 14.3. The lowest BCUT2D eigenvalue weighted by Crippen LogP contribution is -2.37. The summed E-state index contributed by atoms with van der Waals surface area (Å²) in [4.78, 5) is 19.4. The molecule has 0 unspecified atom stereocenters. The molecule has 1 aromatic carbocycles. The standard InChI is InChI=1S/C21H23FN8OS/c1-29-21(30-6-4-12(9-23)5-7-30)16(11-26-29)27-19(31)17-18(25)32-20(28-17)14-8-13(10-24)2-3-15(14)22/h2-3,8,11-12H,4-7,9,23,25H2,1H3,(H,27,31). The van der Waals surface area contributed by atoms with Gasteiger partial charge in [-0.25, -0.2) is 9.37 Å². The Morgan fingerprint density at radius 1 is 1.41 bits per heavy atom. The Hall–Kier alpha value is -3.49. The van der Waals surface area contributed by atoms with E-state index in [1.807, 2.05) is 13.1 Å². The number of hydrogen-bond acceptors (Lipinski definition) is 8. The fraction of sp³-hybridized carbons (Fsp3) is 0.333. The van der Waals surface area contributed by atoms with Gasteiger partial charge in [-0.2, -0.15) is 10.4 Å². The van der Waals surface area contributed by atoms with E-state index in [-0.39, 0.29) is 21.3 Å². The molecule has 3 heterocycles. The summed E-state index contributed by atoms with van der Waals surface area (Å²) in [6.07, 6.45) is 3.54. The van der Waals surface area contributed by atoms with Gasteiger partial charge in [0.25, 0.3) is 5.91 Å². The minimum atomic E-state index is -0.542. The Kier molecular flexibility index (Phi) is 6.07. The van der Waals surface area contributed by atoms with Gasteiger partial charge in [0, 0.05) is 25.7 Å². The molecule has 0 bridgehead atoms. The van der Waals surface area contributed by atoms with Crippen molar-refractivity contribution in [3.05, 3.63) is 41.5 Å². The SMILES string of the molecule is Cn1ncc(NC(=O)c2nc(-c3cc(C#N)ccc3F)sc2N)c1N1CCC(CN)CC1. The predicted molar refractivity (Wildman–Crippen MR) is 122 cm³/mol. The van der Waals surface area contributed by atoms with E-state index in [2.05, 4.69) is 20.3 Å². The van der Waals surface area contributed by atoms with E-state index >= 15 is 0 Å². The topological polar surface area (TPSA) is 139 Å². The van der Waals surface area contributed by atoms with Gasteiger partial charge in [-0.3, -0.25) is 9.48 Å². The number of carbonyl (C=O) groups excluding carboxylic acids is 1. The fourth-order valence-corrected chi connectivity index (χ4v) is 4.67. The second-order valence-electron chi connectivity index (χ2n) is 7.66. The van der Waals surface area contributed by atoms with Gasteiger partial charge >= 0.3 is 0 Å². The number of nitrogens with two attached hydrogens (primary N) is 2. The van der Waals surface area contributed by atoms with E-state index in [0.717, 1.165) is 43.1 Å². The minimum absolute atomic E-state index is 0.00315. The van der Waals surface area contributed by atoms with E-state index < -0.39 is 11.7 Å². The average molecular weight is 455 g/mol. The van der Waals surface area contributed by atoms with Crippen molar-refractivity contribution in [3.63, 3.8) is 0 Å². The fourth-order valence-electron chi connectivity index (χ4n) is 3.82. The largest absolute Gasteiger partial charge is 0.389 e. The smallest absolute Gasteiger partial charge is 0.277 e. The van der Waals surface area contributed by atoms with Crippen LogP contribution in [0.2, 0.25) is 0 Å². The second-order valence-corrected chi connectivity index (χ2v) is 8.69. The van der Waals surface area contributed by atoms with E-state index in [0.29, 0.717) is 23.7 Å². The van der Waals surface area contributed by atoms with Gasteiger partial charge in [0.15, 0.2) is 11.5 Å². The van der Waals surface area contributed by atoms with Crippen LogP contribution < -0.4 is 21.7 Å². The number of aryl methyl sites for hydroxylation is 1. The average Bonchev–Trinajstić information content (AvgIpc) is 3.36. The summed E-state index contributed by atoms with van der Waals surface area (Å²) in [6.45, 7) is 2.32. The van der Waals surface area contributed by atoms with Crippen molar-refractivity contribution in [2.24, 2.45) is 18.7 Å². The highest BCUT2D eigenvalue weighted by Gasteiger charge is 2.25. The molecule has 1 aliphatic rings. The third-order valence-electron chi connectivity index (χ3n) is 5.60. The lowest BCUT2D eigenvalue weighted by atomic mass is 9.97. The summed E-state index contributed by atoms with van der Waals surface area (Å²) in [5.74, 6) is 0.259. The van der Waals surface area contributed by atoms with E-state index in [4.69, 9.17) is 16.7 Å². The molecule has 166 valence electrons. The molecule has 2 aromatic heterocycles. The highest BCUT2D eigenvalue weighted by molar-refractivity contribution is 7.19. The molecule has 4 rings (SSSR count). The number of anilines is 3. The maximum absolute atomic E-state index is 14.3. The minimum Gasteiger partial charge on any atom is -0.389 e. The Morgan fingerprint density at radius 3 is 2.84 bits per heavy atom. The van der Waals surface area contributed by atoms with Gasteiger partial charge in [0.1, 0.15) is 21.5 Å². The molecular weight excluding hydrogens is 431 g/mol. The van der Waals surface area contributed by atoms with Crippen molar-refractivity contribution < 1.29 is 9.18 Å². The number of carbonyl (C=O) groups is 1. The van der Waals surface area contributed by atoms with Crippen LogP contribution in [-0.4, -0.2) is 40.3 Å². The number of benzene rings is 1. The molecule has 1 amide bonds. The highest BCUT2D eigenvalue weighted by atomic mass is 32.1. The zero-order valence-electron chi connectivity index (χ0n) is 17.5. The molecule has 0 spiro atoms. The van der Waals surface area contributed by atoms with Crippen LogP contribution in [0.5, 0.6) is 0 Å². The van der Waals surface area contributed by atoms with Gasteiger partial charge in [-0.15, -0.1) is 0 Å². The van der Waals surface area contributed by atoms with Gasteiger partial charge < -0.3 is 21.7 Å². The number of hydrogen-bond donors (Lipinski definition) is 3. The second kappa shape index (κ2) is 8.94. The normalized spacial score (nSPS) is 14.4. The number of rotatable bonds is 5. The molecule has 1 aliphatic heterocycles.